The van der Waals surface area contributed by atoms with Crippen LogP contribution in [0.25, 0.3) is 0 Å². The van der Waals surface area contributed by atoms with Crippen molar-refractivity contribution in [2.45, 2.75) is 10.1 Å². The van der Waals surface area contributed by atoms with Crippen LogP contribution in [-0.4, -0.2) is 14.8 Å². The summed E-state index contributed by atoms with van der Waals surface area (Å²) in [6.07, 6.45) is 0. The Morgan fingerprint density at radius 2 is 2.22 bits per heavy atom. The summed E-state index contributed by atoms with van der Waals surface area (Å²) in [4.78, 5) is 26.6. The highest BCUT2D eigenvalue weighted by Gasteiger charge is 2.06. The zero-order chi connectivity index (χ0) is 13.1. The third-order valence-corrected chi connectivity index (χ3v) is 3.16. The highest BCUT2D eigenvalue weighted by molar-refractivity contribution is 7.99. The molecule has 0 bridgehead atoms. The minimum absolute atomic E-state index is 0.356. The lowest BCUT2D eigenvalue weighted by Crippen LogP contribution is -2.33. The van der Waals surface area contributed by atoms with Crippen LogP contribution in [-0.2, 0) is 7.05 Å². The van der Waals surface area contributed by atoms with Gasteiger partial charge in [-0.2, -0.15) is 10.2 Å². The predicted molar refractivity (Wildman–Crippen MR) is 65.4 cm³/mol. The van der Waals surface area contributed by atoms with Crippen LogP contribution in [0.1, 0.15) is 5.56 Å². The summed E-state index contributed by atoms with van der Waals surface area (Å²) in [5.41, 5.74) is -1.06. The molecule has 18 heavy (non-hydrogen) atoms. The van der Waals surface area contributed by atoms with Gasteiger partial charge in [0.25, 0.3) is 0 Å². The molecule has 7 heteroatoms. The van der Waals surface area contributed by atoms with Crippen LogP contribution < -0.4 is 11.1 Å². The van der Waals surface area contributed by atoms with Gasteiger partial charge in [-0.15, -0.1) is 0 Å². The quantitative estimate of drug-likeness (QED) is 0.793. The van der Waals surface area contributed by atoms with Gasteiger partial charge >= 0.3 is 11.1 Å². The number of aryl methyl sites for hydroxylation is 1. The van der Waals surface area contributed by atoms with Gasteiger partial charge in [-0.05, 0) is 18.2 Å². The van der Waals surface area contributed by atoms with Crippen molar-refractivity contribution in [3.05, 3.63) is 50.5 Å². The van der Waals surface area contributed by atoms with Crippen molar-refractivity contribution < 1.29 is 0 Å². The molecule has 0 saturated heterocycles. The number of benzene rings is 1. The van der Waals surface area contributed by atoms with Crippen molar-refractivity contribution in [1.82, 2.24) is 14.8 Å². The fourth-order valence-corrected chi connectivity index (χ4v) is 2.14. The largest absolute Gasteiger partial charge is 0.339 e. The standard InChI is InChI=1S/C11H8N4O2S/c1-15-11(13-9(16)10(17)14-15)18-8-4-2-3-7(5-8)6-12/h2-5H,1H3,(H,14,17). The summed E-state index contributed by atoms with van der Waals surface area (Å²) < 4.78 is 1.37. The molecular formula is C11H8N4O2S. The molecule has 1 N–H and O–H groups in total. The van der Waals surface area contributed by atoms with Gasteiger partial charge in [0.2, 0.25) is 0 Å². The van der Waals surface area contributed by atoms with E-state index in [1.54, 1.807) is 31.3 Å². The first-order valence-corrected chi connectivity index (χ1v) is 5.77. The third kappa shape index (κ3) is 2.49. The number of aromatic amines is 1. The van der Waals surface area contributed by atoms with Crippen LogP contribution >= 0.6 is 11.8 Å². The molecule has 0 aliphatic carbocycles. The molecule has 1 heterocycles. The zero-order valence-electron chi connectivity index (χ0n) is 9.38. The molecule has 0 aliphatic rings. The number of nitrogens with one attached hydrogen (secondary N) is 1. The van der Waals surface area contributed by atoms with E-state index in [2.05, 4.69) is 10.1 Å². The van der Waals surface area contributed by atoms with Gasteiger partial charge in [0.1, 0.15) is 0 Å². The van der Waals surface area contributed by atoms with E-state index in [4.69, 9.17) is 5.26 Å². The zero-order valence-corrected chi connectivity index (χ0v) is 10.2. The summed E-state index contributed by atoms with van der Waals surface area (Å²) >= 11 is 1.20. The summed E-state index contributed by atoms with van der Waals surface area (Å²) in [6, 6.07) is 8.93. The van der Waals surface area contributed by atoms with Crippen LogP contribution in [0.2, 0.25) is 0 Å². The molecular weight excluding hydrogens is 252 g/mol. The van der Waals surface area contributed by atoms with Crippen LogP contribution in [0.4, 0.5) is 0 Å². The second kappa shape index (κ2) is 4.89. The second-order valence-electron chi connectivity index (χ2n) is 3.44. The maximum atomic E-state index is 11.2. The van der Waals surface area contributed by atoms with Crippen molar-refractivity contribution in [2.24, 2.45) is 7.05 Å². The molecule has 1 aromatic heterocycles. The molecule has 0 saturated carbocycles. The van der Waals surface area contributed by atoms with Gasteiger partial charge in [-0.25, -0.2) is 0 Å². The van der Waals surface area contributed by atoms with Crippen molar-refractivity contribution in [2.75, 3.05) is 0 Å². The molecule has 0 fully saturated rings. The van der Waals surface area contributed by atoms with E-state index in [1.807, 2.05) is 6.07 Å². The average Bonchev–Trinajstić information content (AvgIpc) is 2.36. The van der Waals surface area contributed by atoms with Crippen LogP contribution in [0.3, 0.4) is 0 Å². The Morgan fingerprint density at radius 1 is 1.44 bits per heavy atom. The van der Waals surface area contributed by atoms with Gasteiger partial charge in [0, 0.05) is 11.9 Å². The van der Waals surface area contributed by atoms with Gasteiger partial charge in [-0.3, -0.25) is 19.4 Å². The molecule has 0 atom stereocenters. The fraction of sp³-hybridized carbons (Fsp3) is 0.0909. The Morgan fingerprint density at radius 3 is 2.94 bits per heavy atom. The molecule has 0 amide bonds. The maximum Gasteiger partial charge on any atom is 0.339 e. The minimum Gasteiger partial charge on any atom is -0.265 e. The summed E-state index contributed by atoms with van der Waals surface area (Å²) in [7, 11) is 1.59. The Labute approximate surface area is 106 Å². The Bertz CT molecular complexity index is 742. The number of nitriles is 1. The van der Waals surface area contributed by atoms with Gasteiger partial charge in [0.15, 0.2) is 5.16 Å². The minimum atomic E-state index is -0.827. The fourth-order valence-electron chi connectivity index (χ4n) is 1.29. The SMILES string of the molecule is Cn1[nH]c(=O)c(=O)nc1Sc1cccc(C#N)c1. The first-order valence-electron chi connectivity index (χ1n) is 4.95. The lowest BCUT2D eigenvalue weighted by Gasteiger charge is -2.05. The number of H-pyrrole nitrogens is 1. The van der Waals surface area contributed by atoms with Gasteiger partial charge < -0.3 is 0 Å². The Balaban J connectivity index is 2.40. The molecule has 0 unspecified atom stereocenters. The summed E-state index contributed by atoms with van der Waals surface area (Å²) in [5, 5.41) is 11.5. The highest BCUT2D eigenvalue weighted by Crippen LogP contribution is 2.24. The number of hydrogen-bond donors (Lipinski definition) is 1. The summed E-state index contributed by atoms with van der Waals surface area (Å²) in [6.45, 7) is 0. The van der Waals surface area contributed by atoms with Crippen molar-refractivity contribution >= 4 is 11.8 Å². The van der Waals surface area contributed by atoms with E-state index in [0.717, 1.165) is 4.90 Å². The van der Waals surface area contributed by atoms with Crippen LogP contribution in [0.5, 0.6) is 0 Å². The normalized spacial score (nSPS) is 10.0. The lowest BCUT2D eigenvalue weighted by atomic mass is 10.2. The van der Waals surface area contributed by atoms with E-state index in [1.165, 1.54) is 16.4 Å². The number of nitrogens with zero attached hydrogens (tertiary/aromatic N) is 3. The Kier molecular flexibility index (Phi) is 3.30. The van der Waals surface area contributed by atoms with Crippen molar-refractivity contribution in [1.29, 1.82) is 5.26 Å². The second-order valence-corrected chi connectivity index (χ2v) is 4.48. The van der Waals surface area contributed by atoms with E-state index in [-0.39, 0.29) is 0 Å². The number of rotatable bonds is 2. The van der Waals surface area contributed by atoms with Crippen molar-refractivity contribution in [3.8, 4) is 6.07 Å². The molecule has 1 aromatic carbocycles. The summed E-state index contributed by atoms with van der Waals surface area (Å²) in [5.74, 6) is 0. The monoisotopic (exact) mass is 260 g/mol. The molecule has 0 aliphatic heterocycles. The van der Waals surface area contributed by atoms with E-state index in [9.17, 15) is 9.59 Å². The predicted octanol–water partition coefficient (Wildman–Crippen LogP) is 0.491. The smallest absolute Gasteiger partial charge is 0.265 e. The average molecular weight is 260 g/mol. The lowest BCUT2D eigenvalue weighted by molar-refractivity contribution is 0.596. The number of hydrogen-bond acceptors (Lipinski definition) is 5. The first-order chi connectivity index (χ1) is 8.60. The van der Waals surface area contributed by atoms with E-state index < -0.39 is 11.1 Å². The molecule has 2 aromatic rings. The molecule has 0 radical (unpaired) electrons. The van der Waals surface area contributed by atoms with E-state index in [0.29, 0.717) is 10.7 Å². The number of aromatic nitrogens is 3. The molecule has 6 nitrogen and oxygen atoms in total. The molecule has 90 valence electrons. The van der Waals surface area contributed by atoms with Crippen LogP contribution in [0, 0.1) is 11.3 Å². The Hall–Kier alpha value is -2.33. The van der Waals surface area contributed by atoms with Crippen molar-refractivity contribution in [3.63, 3.8) is 0 Å². The highest BCUT2D eigenvalue weighted by atomic mass is 32.2. The van der Waals surface area contributed by atoms with Gasteiger partial charge in [-0.1, -0.05) is 17.8 Å². The molecule has 0 spiro atoms. The molecule has 2 rings (SSSR count). The topological polar surface area (TPSA) is 91.5 Å². The third-order valence-electron chi connectivity index (χ3n) is 2.12. The van der Waals surface area contributed by atoms with E-state index >= 15 is 0 Å². The van der Waals surface area contributed by atoms with Gasteiger partial charge in [0.05, 0.1) is 11.6 Å². The first kappa shape index (κ1) is 12.1. The van der Waals surface area contributed by atoms with Crippen LogP contribution in [0.15, 0.2) is 43.9 Å². The maximum absolute atomic E-state index is 11.2.